The van der Waals surface area contributed by atoms with Gasteiger partial charge in [0, 0.05) is 18.4 Å². The third kappa shape index (κ3) is 7.12. The summed E-state index contributed by atoms with van der Waals surface area (Å²) in [6.07, 6.45) is 5.08. The Labute approximate surface area is 226 Å². The highest BCUT2D eigenvalue weighted by atomic mass is 16.5. The van der Waals surface area contributed by atoms with E-state index in [2.05, 4.69) is 45.0 Å². The van der Waals surface area contributed by atoms with Crippen LogP contribution in [0.4, 0.5) is 0 Å². The number of carboxylic acid groups (broad SMARTS) is 1. The fraction of sp³-hybridized carbons (Fsp3) is 0.500. The maximum Gasteiger partial charge on any atom is 0.336 e. The van der Waals surface area contributed by atoms with Crippen LogP contribution in [0, 0.1) is 5.92 Å². The maximum absolute atomic E-state index is 12.1. The summed E-state index contributed by atoms with van der Waals surface area (Å²) in [7, 11) is 0. The molecule has 1 fully saturated rings. The highest BCUT2D eigenvalue weighted by Crippen LogP contribution is 2.31. The Balaban J connectivity index is 1.33. The Morgan fingerprint density at radius 2 is 1.87 bits per heavy atom. The zero-order valence-corrected chi connectivity index (χ0v) is 23.1. The molecule has 0 amide bonds. The van der Waals surface area contributed by atoms with Crippen LogP contribution < -0.4 is 0 Å². The Bertz CT molecular complexity index is 1170. The van der Waals surface area contributed by atoms with Crippen LogP contribution in [0.2, 0.25) is 0 Å². The summed E-state index contributed by atoms with van der Waals surface area (Å²) >= 11 is 0. The molecule has 1 saturated carbocycles. The van der Waals surface area contributed by atoms with Gasteiger partial charge in [-0.25, -0.2) is 9.78 Å². The number of hydrogen-bond donors (Lipinski definition) is 1. The first-order chi connectivity index (χ1) is 18.3. The van der Waals surface area contributed by atoms with E-state index < -0.39 is 11.6 Å². The first kappa shape index (κ1) is 28.1. The summed E-state index contributed by atoms with van der Waals surface area (Å²) in [6, 6.07) is 18.1. The minimum atomic E-state index is -1.25. The number of ether oxygens (including phenoxy) is 2. The van der Waals surface area contributed by atoms with Crippen LogP contribution >= 0.6 is 0 Å². The third-order valence-electron chi connectivity index (χ3n) is 7.59. The van der Waals surface area contributed by atoms with Gasteiger partial charge in [-0.1, -0.05) is 69.7 Å². The van der Waals surface area contributed by atoms with E-state index >= 15 is 0 Å². The number of aromatic nitrogens is 1. The van der Waals surface area contributed by atoms with Crippen LogP contribution in [-0.2, 0) is 33.7 Å². The lowest BCUT2D eigenvalue weighted by Crippen LogP contribution is -2.42. The lowest BCUT2D eigenvalue weighted by Gasteiger charge is -2.32. The summed E-state index contributed by atoms with van der Waals surface area (Å²) in [4.78, 5) is 16.8. The Morgan fingerprint density at radius 3 is 2.53 bits per heavy atom. The molecule has 3 atom stereocenters. The molecule has 1 N–H and O–H groups in total. The molecule has 38 heavy (non-hydrogen) atoms. The summed E-state index contributed by atoms with van der Waals surface area (Å²) in [5, 5.41) is 9.89. The van der Waals surface area contributed by atoms with Crippen LogP contribution in [0.5, 0.6) is 0 Å². The molecule has 1 heterocycles. The molecule has 0 radical (unpaired) electrons. The summed E-state index contributed by atoms with van der Waals surface area (Å²) in [5.74, 6) is 1.31. The number of hydrogen-bond acceptors (Lipinski definition) is 5. The van der Waals surface area contributed by atoms with Crippen molar-refractivity contribution in [3.05, 3.63) is 77.2 Å². The average Bonchev–Trinajstić information content (AvgIpc) is 3.35. The molecule has 3 aromatic rings. The highest BCUT2D eigenvalue weighted by molar-refractivity contribution is 5.77. The molecular formula is C32H41NO5. The molecule has 2 aromatic carbocycles. The number of oxazole rings is 1. The van der Waals surface area contributed by atoms with E-state index in [0.29, 0.717) is 31.4 Å². The van der Waals surface area contributed by atoms with Crippen LogP contribution in [0.1, 0.15) is 81.9 Å². The Kier molecular flexibility index (Phi) is 9.40. The van der Waals surface area contributed by atoms with E-state index in [1.165, 1.54) is 5.56 Å². The monoisotopic (exact) mass is 519 g/mol. The standard InChI is InChI=1S/C32H41NO5/c1-5-29-28(33-30(38-29)26-16-14-25(15-17-26)22(2)3)21-36-27-13-9-12-24(18-27)20-37-32(4,31(34)35)19-23-10-7-6-8-11-23/h6-8,10-11,14-17,22,24,27H,5,9,12-13,18-21H2,1-4H3,(H,34,35)/t24-,27?,32?/m1/s1. The molecule has 204 valence electrons. The fourth-order valence-corrected chi connectivity index (χ4v) is 5.12. The minimum absolute atomic E-state index is 0.0951. The first-order valence-electron chi connectivity index (χ1n) is 13.9. The topological polar surface area (TPSA) is 81.8 Å². The SMILES string of the molecule is CCc1oc(-c2ccc(C(C)C)cc2)nc1COC1CCC[C@@H](COC(C)(Cc2ccccc2)C(=O)O)C1. The van der Waals surface area contributed by atoms with Crippen LogP contribution in [-0.4, -0.2) is 34.4 Å². The van der Waals surface area contributed by atoms with E-state index in [-0.39, 0.29) is 12.0 Å². The second kappa shape index (κ2) is 12.7. The Morgan fingerprint density at radius 1 is 1.13 bits per heavy atom. The number of aryl methyl sites for hydroxylation is 1. The number of carboxylic acids is 1. The zero-order chi connectivity index (χ0) is 27.1. The van der Waals surface area contributed by atoms with Crippen molar-refractivity contribution in [3.8, 4) is 11.5 Å². The van der Waals surface area contributed by atoms with Crippen molar-refractivity contribution >= 4 is 5.97 Å². The fourth-order valence-electron chi connectivity index (χ4n) is 5.12. The van der Waals surface area contributed by atoms with Gasteiger partial charge >= 0.3 is 5.97 Å². The van der Waals surface area contributed by atoms with Crippen LogP contribution in [0.15, 0.2) is 59.0 Å². The van der Waals surface area contributed by atoms with Gasteiger partial charge in [0.25, 0.3) is 0 Å². The molecular weight excluding hydrogens is 478 g/mol. The van der Waals surface area contributed by atoms with Gasteiger partial charge in [-0.15, -0.1) is 0 Å². The second-order valence-electron chi connectivity index (χ2n) is 11.0. The van der Waals surface area contributed by atoms with Gasteiger partial charge in [0.1, 0.15) is 11.5 Å². The van der Waals surface area contributed by atoms with Gasteiger partial charge in [0.2, 0.25) is 5.89 Å². The smallest absolute Gasteiger partial charge is 0.336 e. The lowest BCUT2D eigenvalue weighted by atomic mass is 9.87. The number of nitrogens with zero attached hydrogens (tertiary/aromatic N) is 1. The normalized spacial score (nSPS) is 19.4. The summed E-state index contributed by atoms with van der Waals surface area (Å²) in [6.45, 7) is 8.93. The molecule has 0 saturated heterocycles. The van der Waals surface area contributed by atoms with Crippen molar-refractivity contribution in [1.29, 1.82) is 0 Å². The van der Waals surface area contributed by atoms with E-state index in [4.69, 9.17) is 18.9 Å². The van der Waals surface area contributed by atoms with Crippen molar-refractivity contribution in [1.82, 2.24) is 4.98 Å². The van der Waals surface area contributed by atoms with Gasteiger partial charge in [0.15, 0.2) is 5.60 Å². The van der Waals surface area contributed by atoms with E-state index in [0.717, 1.165) is 54.7 Å². The number of carbonyl (C=O) groups is 1. The molecule has 6 nitrogen and oxygen atoms in total. The largest absolute Gasteiger partial charge is 0.479 e. The molecule has 6 heteroatoms. The number of aliphatic carboxylic acids is 1. The van der Waals surface area contributed by atoms with Crippen LogP contribution in [0.3, 0.4) is 0 Å². The van der Waals surface area contributed by atoms with E-state index in [9.17, 15) is 9.90 Å². The molecule has 4 rings (SSSR count). The number of benzene rings is 2. The van der Waals surface area contributed by atoms with Crippen molar-refractivity contribution in [3.63, 3.8) is 0 Å². The second-order valence-corrected chi connectivity index (χ2v) is 11.0. The average molecular weight is 520 g/mol. The first-order valence-corrected chi connectivity index (χ1v) is 13.9. The van der Waals surface area contributed by atoms with Gasteiger partial charge < -0.3 is 19.0 Å². The molecule has 1 aliphatic carbocycles. The van der Waals surface area contributed by atoms with Gasteiger partial charge in [-0.05, 0) is 61.3 Å². The quantitative estimate of drug-likeness (QED) is 0.272. The van der Waals surface area contributed by atoms with Gasteiger partial charge in [0.05, 0.1) is 19.3 Å². The summed E-state index contributed by atoms with van der Waals surface area (Å²) < 4.78 is 18.5. The van der Waals surface area contributed by atoms with Crippen molar-refractivity contribution < 1.29 is 23.8 Å². The molecule has 0 spiro atoms. The molecule has 1 aliphatic rings. The van der Waals surface area contributed by atoms with Crippen molar-refractivity contribution in [2.75, 3.05) is 6.61 Å². The van der Waals surface area contributed by atoms with Crippen LogP contribution in [0.25, 0.3) is 11.5 Å². The van der Waals surface area contributed by atoms with Crippen molar-refractivity contribution in [2.24, 2.45) is 5.92 Å². The Hall–Kier alpha value is -2.96. The molecule has 0 aliphatic heterocycles. The predicted octanol–water partition coefficient (Wildman–Crippen LogP) is 7.21. The molecule has 1 aromatic heterocycles. The number of rotatable bonds is 12. The maximum atomic E-state index is 12.1. The van der Waals surface area contributed by atoms with Gasteiger partial charge in [-0.2, -0.15) is 0 Å². The predicted molar refractivity (Wildman–Crippen MR) is 148 cm³/mol. The van der Waals surface area contributed by atoms with Crippen molar-refractivity contribution in [2.45, 2.75) is 90.4 Å². The molecule has 2 unspecified atom stereocenters. The zero-order valence-electron chi connectivity index (χ0n) is 23.1. The third-order valence-corrected chi connectivity index (χ3v) is 7.59. The van der Waals surface area contributed by atoms with E-state index in [1.807, 2.05) is 30.3 Å². The highest BCUT2D eigenvalue weighted by Gasteiger charge is 2.36. The molecule has 0 bridgehead atoms. The lowest BCUT2D eigenvalue weighted by molar-refractivity contribution is -0.166. The summed E-state index contributed by atoms with van der Waals surface area (Å²) in [5.41, 5.74) is 2.82. The minimum Gasteiger partial charge on any atom is -0.479 e. The van der Waals surface area contributed by atoms with E-state index in [1.54, 1.807) is 6.92 Å². The van der Waals surface area contributed by atoms with Gasteiger partial charge in [-0.3, -0.25) is 0 Å².